The molecule has 0 saturated carbocycles. The van der Waals surface area contributed by atoms with Gasteiger partial charge in [-0.2, -0.15) is 0 Å². The van der Waals surface area contributed by atoms with Gasteiger partial charge in [0.05, 0.1) is 0 Å². The molecule has 2 rings (SSSR count). The number of aryl methyl sites for hydroxylation is 1. The van der Waals surface area contributed by atoms with Crippen molar-refractivity contribution in [3.8, 4) is 11.1 Å². The molecule has 2 aromatic carbocycles. The van der Waals surface area contributed by atoms with E-state index in [1.807, 2.05) is 0 Å². The second-order valence-corrected chi connectivity index (χ2v) is 4.52. The second-order valence-electron chi connectivity index (χ2n) is 4.52. The lowest BCUT2D eigenvalue weighted by atomic mass is 10.0. The third-order valence-electron chi connectivity index (χ3n) is 3.10. The summed E-state index contributed by atoms with van der Waals surface area (Å²) in [5, 5.41) is 0. The van der Waals surface area contributed by atoms with Gasteiger partial charge in [-0.1, -0.05) is 74.4 Å². The van der Waals surface area contributed by atoms with Gasteiger partial charge in [0.25, 0.3) is 0 Å². The molecule has 0 fully saturated rings. The summed E-state index contributed by atoms with van der Waals surface area (Å²) in [7, 11) is 0. The summed E-state index contributed by atoms with van der Waals surface area (Å²) < 4.78 is 0. The second kappa shape index (κ2) is 6.24. The van der Waals surface area contributed by atoms with E-state index in [1.54, 1.807) is 0 Å². The summed E-state index contributed by atoms with van der Waals surface area (Å²) >= 11 is 0. The molecule has 0 spiro atoms. The molecule has 0 heterocycles. The Morgan fingerprint density at radius 3 is 2.29 bits per heavy atom. The smallest absolute Gasteiger partial charge is 0.0181 e. The molecule has 2 aromatic rings. The highest BCUT2D eigenvalue weighted by Crippen LogP contribution is 2.20. The molecule has 0 nitrogen and oxygen atoms in total. The predicted octanol–water partition coefficient (Wildman–Crippen LogP) is 5.09. The molecule has 0 saturated heterocycles. The molecular weight excluding hydrogens is 204 g/mol. The van der Waals surface area contributed by atoms with Gasteiger partial charge in [0.1, 0.15) is 0 Å². The lowest BCUT2D eigenvalue weighted by molar-refractivity contribution is 0.717. The zero-order valence-electron chi connectivity index (χ0n) is 10.5. The fourth-order valence-electron chi connectivity index (χ4n) is 2.12. The van der Waals surface area contributed by atoms with Crippen LogP contribution >= 0.6 is 0 Å². The summed E-state index contributed by atoms with van der Waals surface area (Å²) in [6.45, 7) is 2.25. The van der Waals surface area contributed by atoms with E-state index in [4.69, 9.17) is 0 Å². The van der Waals surface area contributed by atoms with E-state index in [0.717, 1.165) is 0 Å². The van der Waals surface area contributed by atoms with E-state index in [1.165, 1.54) is 42.4 Å². The van der Waals surface area contributed by atoms with Gasteiger partial charge in [0.2, 0.25) is 0 Å². The Bertz CT molecular complexity index is 443. The molecule has 0 aliphatic carbocycles. The van der Waals surface area contributed by atoms with E-state index in [9.17, 15) is 0 Å². The molecular formula is C17H20. The topological polar surface area (TPSA) is 0 Å². The Balaban J connectivity index is 2.12. The molecule has 0 aliphatic heterocycles. The van der Waals surface area contributed by atoms with E-state index in [0.29, 0.717) is 0 Å². The number of benzene rings is 2. The molecule has 17 heavy (non-hydrogen) atoms. The minimum Gasteiger partial charge on any atom is -0.0654 e. The first-order chi connectivity index (χ1) is 8.40. The van der Waals surface area contributed by atoms with Gasteiger partial charge in [0.15, 0.2) is 0 Å². The van der Waals surface area contributed by atoms with Gasteiger partial charge in [-0.25, -0.2) is 0 Å². The first-order valence-corrected chi connectivity index (χ1v) is 6.54. The number of hydrogen-bond donors (Lipinski definition) is 0. The fourth-order valence-corrected chi connectivity index (χ4v) is 2.12. The van der Waals surface area contributed by atoms with E-state index < -0.39 is 0 Å². The maximum Gasteiger partial charge on any atom is -0.0181 e. The largest absolute Gasteiger partial charge is 0.0654 e. The van der Waals surface area contributed by atoms with Crippen molar-refractivity contribution in [3.63, 3.8) is 0 Å². The van der Waals surface area contributed by atoms with Gasteiger partial charge < -0.3 is 0 Å². The summed E-state index contributed by atoms with van der Waals surface area (Å²) in [5.74, 6) is 0. The molecule has 0 radical (unpaired) electrons. The van der Waals surface area contributed by atoms with Crippen LogP contribution in [0.15, 0.2) is 54.6 Å². The number of rotatable bonds is 5. The van der Waals surface area contributed by atoms with Crippen LogP contribution in [-0.2, 0) is 6.42 Å². The number of hydrogen-bond acceptors (Lipinski definition) is 0. The van der Waals surface area contributed by atoms with Gasteiger partial charge in [-0.15, -0.1) is 0 Å². The summed E-state index contributed by atoms with van der Waals surface area (Å²) in [5.41, 5.74) is 4.10. The van der Waals surface area contributed by atoms with Crippen molar-refractivity contribution >= 4 is 0 Å². The summed E-state index contributed by atoms with van der Waals surface area (Å²) in [6.07, 6.45) is 5.12. The van der Waals surface area contributed by atoms with E-state index >= 15 is 0 Å². The Morgan fingerprint density at radius 1 is 0.765 bits per heavy atom. The van der Waals surface area contributed by atoms with Crippen molar-refractivity contribution in [1.29, 1.82) is 0 Å². The van der Waals surface area contributed by atoms with Crippen molar-refractivity contribution in [3.05, 3.63) is 60.2 Å². The normalized spacial score (nSPS) is 10.4. The van der Waals surface area contributed by atoms with Gasteiger partial charge in [-0.05, 0) is 29.5 Å². The Hall–Kier alpha value is -1.56. The molecule has 0 N–H and O–H groups in total. The molecule has 0 amide bonds. The molecule has 0 unspecified atom stereocenters. The van der Waals surface area contributed by atoms with Crippen LogP contribution in [0, 0.1) is 0 Å². The quantitative estimate of drug-likeness (QED) is 0.621. The Labute approximate surface area is 104 Å². The highest BCUT2D eigenvalue weighted by Gasteiger charge is 1.98. The van der Waals surface area contributed by atoms with Crippen molar-refractivity contribution in [2.24, 2.45) is 0 Å². The third-order valence-corrected chi connectivity index (χ3v) is 3.10. The zero-order chi connectivity index (χ0) is 11.9. The first kappa shape index (κ1) is 11.9. The Morgan fingerprint density at radius 2 is 1.53 bits per heavy atom. The standard InChI is InChI=1S/C17H20/c1-2-3-5-9-15-10-8-13-17(14-15)16-11-6-4-7-12-16/h4,6-8,10-14H,2-3,5,9H2,1H3. The van der Waals surface area contributed by atoms with Crippen LogP contribution in [0.5, 0.6) is 0 Å². The van der Waals surface area contributed by atoms with Crippen molar-refractivity contribution < 1.29 is 0 Å². The van der Waals surface area contributed by atoms with Gasteiger partial charge in [0, 0.05) is 0 Å². The summed E-state index contributed by atoms with van der Waals surface area (Å²) in [4.78, 5) is 0. The SMILES string of the molecule is CCCCCc1cccc(-c2ccccc2)c1. The molecule has 0 bridgehead atoms. The van der Waals surface area contributed by atoms with Gasteiger partial charge >= 0.3 is 0 Å². The predicted molar refractivity (Wildman–Crippen MR) is 75.1 cm³/mol. The van der Waals surface area contributed by atoms with Crippen molar-refractivity contribution in [1.82, 2.24) is 0 Å². The van der Waals surface area contributed by atoms with Gasteiger partial charge in [-0.3, -0.25) is 0 Å². The molecule has 0 aromatic heterocycles. The fraction of sp³-hybridized carbons (Fsp3) is 0.294. The molecule has 0 aliphatic rings. The average Bonchev–Trinajstić information content (AvgIpc) is 2.41. The van der Waals surface area contributed by atoms with Crippen LogP contribution in [0.2, 0.25) is 0 Å². The highest BCUT2D eigenvalue weighted by molar-refractivity contribution is 5.63. The van der Waals surface area contributed by atoms with Crippen molar-refractivity contribution in [2.45, 2.75) is 32.6 Å². The highest BCUT2D eigenvalue weighted by atomic mass is 14.0. The Kier molecular flexibility index (Phi) is 4.37. The monoisotopic (exact) mass is 224 g/mol. The number of unbranched alkanes of at least 4 members (excludes halogenated alkanes) is 2. The average molecular weight is 224 g/mol. The third kappa shape index (κ3) is 3.45. The summed E-state index contributed by atoms with van der Waals surface area (Å²) in [6, 6.07) is 19.5. The van der Waals surface area contributed by atoms with Crippen LogP contribution in [0.1, 0.15) is 31.7 Å². The lowest BCUT2D eigenvalue weighted by Gasteiger charge is -2.05. The lowest BCUT2D eigenvalue weighted by Crippen LogP contribution is -1.86. The minimum absolute atomic E-state index is 1.20. The van der Waals surface area contributed by atoms with E-state index in [2.05, 4.69) is 61.5 Å². The van der Waals surface area contributed by atoms with Crippen LogP contribution in [0.3, 0.4) is 0 Å². The van der Waals surface area contributed by atoms with Crippen LogP contribution in [0.25, 0.3) is 11.1 Å². The molecule has 0 heteroatoms. The van der Waals surface area contributed by atoms with E-state index in [-0.39, 0.29) is 0 Å². The van der Waals surface area contributed by atoms with Crippen LogP contribution in [0.4, 0.5) is 0 Å². The minimum atomic E-state index is 1.20. The molecule has 0 atom stereocenters. The van der Waals surface area contributed by atoms with Crippen LogP contribution < -0.4 is 0 Å². The maximum atomic E-state index is 2.32. The molecule has 88 valence electrons. The van der Waals surface area contributed by atoms with Crippen molar-refractivity contribution in [2.75, 3.05) is 0 Å². The maximum absolute atomic E-state index is 2.32. The zero-order valence-corrected chi connectivity index (χ0v) is 10.5. The first-order valence-electron chi connectivity index (χ1n) is 6.54. The van der Waals surface area contributed by atoms with Crippen LogP contribution in [-0.4, -0.2) is 0 Å².